The van der Waals surface area contributed by atoms with Gasteiger partial charge in [0.25, 0.3) is 0 Å². The van der Waals surface area contributed by atoms with Gasteiger partial charge < -0.3 is 24.1 Å². The van der Waals surface area contributed by atoms with Crippen LogP contribution in [0.4, 0.5) is 0 Å². The molecular weight excluding hydrogens is 1140 g/mol. The zero-order valence-electron chi connectivity index (χ0n) is 53.4. The molecule has 14 rings (SSSR count). The minimum atomic E-state index is -0.652. The largest absolute Gasteiger partial charge is 0.497 e. The zero-order valence-corrected chi connectivity index (χ0v) is 53.4. The highest BCUT2D eigenvalue weighted by atomic mass is 16.5. The van der Waals surface area contributed by atoms with Crippen molar-refractivity contribution < 1.29 is 24.1 Å². The van der Waals surface area contributed by atoms with Crippen LogP contribution in [0.1, 0.15) is 133 Å². The van der Waals surface area contributed by atoms with Gasteiger partial charge in [0.1, 0.15) is 40.2 Å². The highest BCUT2D eigenvalue weighted by Gasteiger charge is 2.47. The van der Waals surface area contributed by atoms with Crippen LogP contribution >= 0.6 is 0 Å². The van der Waals surface area contributed by atoms with Gasteiger partial charge in [-0.25, -0.2) is 0 Å². The van der Waals surface area contributed by atoms with E-state index in [9.17, 15) is 5.11 Å². The van der Waals surface area contributed by atoms with Crippen LogP contribution < -0.4 is 18.9 Å². The maximum Gasteiger partial charge on any atom is 0.133 e. The molecule has 5 nitrogen and oxygen atoms in total. The Morgan fingerprint density at radius 3 is 1.02 bits per heavy atom. The van der Waals surface area contributed by atoms with Crippen LogP contribution in [-0.4, -0.2) is 12.2 Å². The normalized spacial score (nSPS) is 13.3. The number of methoxy groups -OCH3 is 1. The van der Waals surface area contributed by atoms with Crippen molar-refractivity contribution in [1.29, 1.82) is 0 Å². The van der Waals surface area contributed by atoms with E-state index in [2.05, 4.69) is 269 Å². The molecule has 0 aromatic heterocycles. The fourth-order valence-corrected chi connectivity index (χ4v) is 14.7. The molecule has 5 heteroatoms. The molecule has 0 aliphatic heterocycles. The van der Waals surface area contributed by atoms with Crippen LogP contribution in [0.25, 0.3) is 44.5 Å². The molecule has 0 heterocycles. The third-order valence-corrected chi connectivity index (χ3v) is 19.4. The second-order valence-corrected chi connectivity index (χ2v) is 25.1. The first-order chi connectivity index (χ1) is 45.8. The van der Waals surface area contributed by atoms with Gasteiger partial charge in [-0.1, -0.05) is 270 Å². The van der Waals surface area contributed by atoms with Gasteiger partial charge in [0, 0.05) is 5.56 Å². The van der Waals surface area contributed by atoms with E-state index >= 15 is 0 Å². The van der Waals surface area contributed by atoms with Gasteiger partial charge in [-0.15, -0.1) is 0 Å². The van der Waals surface area contributed by atoms with E-state index in [-0.39, 0.29) is 0 Å². The number of aryl methyl sites for hydroxylation is 1. The summed E-state index contributed by atoms with van der Waals surface area (Å²) in [5, 5.41) is 11.9. The summed E-state index contributed by atoms with van der Waals surface area (Å²) < 4.78 is 25.5. The van der Waals surface area contributed by atoms with Crippen molar-refractivity contribution >= 4 is 0 Å². The summed E-state index contributed by atoms with van der Waals surface area (Å²) in [4.78, 5) is 0. The highest BCUT2D eigenvalue weighted by Crippen LogP contribution is 2.58. The van der Waals surface area contributed by atoms with Crippen molar-refractivity contribution in [3.05, 3.63) is 341 Å². The second-order valence-electron chi connectivity index (χ2n) is 25.1. The number of rotatable bonds is 24. The molecule has 0 amide bonds. The molecular formula is C88H78O5. The maximum absolute atomic E-state index is 11.9. The number of aliphatic hydroxyl groups excluding tert-OH is 1. The predicted octanol–water partition coefficient (Wildman–Crippen LogP) is 23.4. The van der Waals surface area contributed by atoms with Gasteiger partial charge >= 0.3 is 0 Å². The number of benzene rings is 12. The van der Waals surface area contributed by atoms with Crippen LogP contribution in [0.2, 0.25) is 0 Å². The lowest BCUT2D eigenvalue weighted by atomic mass is 9.68. The molecule has 0 spiro atoms. The molecule has 460 valence electrons. The number of hydrogen-bond donors (Lipinski definition) is 1. The average Bonchev–Trinajstić information content (AvgIpc) is 1.58. The summed E-state index contributed by atoms with van der Waals surface area (Å²) in [5.74, 6) is 5.24. The topological polar surface area (TPSA) is 57.2 Å². The fourth-order valence-electron chi connectivity index (χ4n) is 14.7. The number of ether oxygens (including phenoxy) is 4. The first-order valence-electron chi connectivity index (χ1n) is 33.3. The zero-order chi connectivity index (χ0) is 63.1. The number of aliphatic hydroxyl groups is 1. The van der Waals surface area contributed by atoms with E-state index in [0.717, 1.165) is 80.5 Å². The monoisotopic (exact) mass is 1210 g/mol. The lowest BCUT2D eigenvalue weighted by molar-refractivity contribution is 0.160. The van der Waals surface area contributed by atoms with Gasteiger partial charge in [-0.3, -0.25) is 0 Å². The summed E-state index contributed by atoms with van der Waals surface area (Å²) >= 11 is 0. The van der Waals surface area contributed by atoms with Crippen molar-refractivity contribution in [3.8, 4) is 84.8 Å². The Morgan fingerprint density at radius 1 is 0.323 bits per heavy atom. The van der Waals surface area contributed by atoms with Gasteiger partial charge in [0.2, 0.25) is 0 Å². The maximum atomic E-state index is 11.9. The minimum absolute atomic E-state index is 0.514. The van der Waals surface area contributed by atoms with Crippen LogP contribution in [0.5, 0.6) is 40.2 Å². The standard InChI is InChI=1S/C88H78O5/c1-4-5-6-7-8-9-10-11-12-29-85(89)80-60-65(64-32-30-61(2)31-33-64)38-59-86(80)93-75-57-45-69(46-58-75)88(83-27-19-15-23-78(83)79-24-16-20-28-84(79)88)68-43-55-74(56-44-68)92-72-49-36-63(37-50-72)62-34-47-71(48-35-62)91-73-53-41-67(42-54-73)87(66-39-51-70(90-3)52-40-66)81-25-17-13-21-76(81)77-22-14-18-26-82(77)87/h13-28,30-60,85,89H,4-12,29H2,1-3H3. The first-order valence-corrected chi connectivity index (χ1v) is 33.3. The molecule has 93 heavy (non-hydrogen) atoms. The van der Waals surface area contributed by atoms with Crippen LogP contribution in [0.15, 0.2) is 285 Å². The Balaban J connectivity index is 0.675. The van der Waals surface area contributed by atoms with Gasteiger partial charge in [-0.05, 0) is 187 Å². The third kappa shape index (κ3) is 11.8. The van der Waals surface area contributed by atoms with Crippen molar-refractivity contribution in [2.75, 3.05) is 7.11 Å². The second kappa shape index (κ2) is 26.9. The molecule has 0 saturated heterocycles. The van der Waals surface area contributed by atoms with E-state index in [0.29, 0.717) is 17.9 Å². The average molecular weight is 1220 g/mol. The minimum Gasteiger partial charge on any atom is -0.497 e. The third-order valence-electron chi connectivity index (χ3n) is 19.4. The fraction of sp³-hybridized carbons (Fsp3) is 0.182. The summed E-state index contributed by atoms with van der Waals surface area (Å²) in [5.41, 5.74) is 19.7. The lowest BCUT2D eigenvalue weighted by Crippen LogP contribution is -2.28. The highest BCUT2D eigenvalue weighted by molar-refractivity contribution is 5.88. The molecule has 2 aliphatic carbocycles. The molecule has 12 aromatic carbocycles. The molecule has 0 bridgehead atoms. The van der Waals surface area contributed by atoms with Gasteiger partial charge in [0.15, 0.2) is 0 Å². The molecule has 0 saturated carbocycles. The van der Waals surface area contributed by atoms with Crippen molar-refractivity contribution in [3.63, 3.8) is 0 Å². The smallest absolute Gasteiger partial charge is 0.133 e. The van der Waals surface area contributed by atoms with E-state index < -0.39 is 16.9 Å². The molecule has 1 atom stereocenters. The molecule has 0 radical (unpaired) electrons. The van der Waals surface area contributed by atoms with Gasteiger partial charge in [-0.2, -0.15) is 0 Å². The van der Waals surface area contributed by atoms with E-state index in [1.165, 1.54) is 106 Å². The first kappa shape index (κ1) is 60.4. The summed E-state index contributed by atoms with van der Waals surface area (Å²) in [6, 6.07) is 101. The Labute approximate surface area is 548 Å². The van der Waals surface area contributed by atoms with Crippen molar-refractivity contribution in [2.24, 2.45) is 0 Å². The Kier molecular flexibility index (Phi) is 17.5. The van der Waals surface area contributed by atoms with Crippen LogP contribution in [0, 0.1) is 6.92 Å². The lowest BCUT2D eigenvalue weighted by Gasteiger charge is -2.34. The quantitative estimate of drug-likeness (QED) is 0.0611. The Hall–Kier alpha value is -10.2. The summed E-state index contributed by atoms with van der Waals surface area (Å²) in [6.45, 7) is 4.38. The molecule has 12 aromatic rings. The Bertz CT molecular complexity index is 4420. The number of unbranched alkanes of at least 4 members (excludes halogenated alkanes) is 8. The van der Waals surface area contributed by atoms with Crippen molar-refractivity contribution in [1.82, 2.24) is 0 Å². The number of fused-ring (bicyclic) bond motifs is 6. The van der Waals surface area contributed by atoms with E-state index in [1.54, 1.807) is 7.11 Å². The Morgan fingerprint density at radius 2 is 0.634 bits per heavy atom. The van der Waals surface area contributed by atoms with E-state index in [1.807, 2.05) is 30.3 Å². The van der Waals surface area contributed by atoms with E-state index in [4.69, 9.17) is 18.9 Å². The predicted molar refractivity (Wildman–Crippen MR) is 380 cm³/mol. The summed E-state index contributed by atoms with van der Waals surface area (Å²) in [6.07, 6.45) is 11.2. The SMILES string of the molecule is CCCCCCCCCCCC(O)c1cc(-c2ccc(C)cc2)ccc1Oc1ccc(C2(c3ccc(Oc4ccc(-c5ccc(Oc6ccc(C7(c8ccc(OC)cc8)c8ccccc8-c8ccccc87)cc6)cc5)cc4)cc3)c3ccccc3-c3ccccc32)cc1. The molecule has 1 N–H and O–H groups in total. The molecule has 1 unspecified atom stereocenters. The summed E-state index contributed by atoms with van der Waals surface area (Å²) in [7, 11) is 1.71. The number of hydrogen-bond acceptors (Lipinski definition) is 5. The molecule has 0 fully saturated rings. The van der Waals surface area contributed by atoms with Gasteiger partial charge in [0.05, 0.1) is 24.0 Å². The van der Waals surface area contributed by atoms with Crippen molar-refractivity contribution in [2.45, 2.75) is 95.0 Å². The van der Waals surface area contributed by atoms with Crippen LogP contribution in [-0.2, 0) is 10.8 Å². The molecule has 2 aliphatic rings. The van der Waals surface area contributed by atoms with Crippen LogP contribution in [0.3, 0.4) is 0 Å².